The molecule has 0 aromatic heterocycles. The lowest BCUT2D eigenvalue weighted by Gasteiger charge is -2.34. The number of sulfonamides is 1. The fourth-order valence-corrected chi connectivity index (χ4v) is 6.18. The van der Waals surface area contributed by atoms with Gasteiger partial charge in [0.05, 0.1) is 10.6 Å². The van der Waals surface area contributed by atoms with Gasteiger partial charge in [-0.1, -0.05) is 63.2 Å². The molecule has 1 aliphatic heterocycles. The Morgan fingerprint density at radius 1 is 0.929 bits per heavy atom. The maximum Gasteiger partial charge on any atom is 0.264 e. The molecule has 0 saturated heterocycles. The quantitative estimate of drug-likeness (QED) is 0.331. The van der Waals surface area contributed by atoms with Gasteiger partial charge < -0.3 is 19.7 Å². The first-order valence-electron chi connectivity index (χ1n) is 14.2. The first-order valence-corrected chi connectivity index (χ1v) is 15.6. The minimum atomic E-state index is -4.18. The first-order chi connectivity index (χ1) is 20.1. The number of carbonyl (C=O) groups is 2. The van der Waals surface area contributed by atoms with Crippen LogP contribution in [0.3, 0.4) is 0 Å². The number of anilines is 1. The Labute approximate surface area is 248 Å². The van der Waals surface area contributed by atoms with Crippen LogP contribution in [0.15, 0.2) is 77.7 Å². The van der Waals surface area contributed by atoms with Gasteiger partial charge in [-0.3, -0.25) is 13.9 Å². The van der Waals surface area contributed by atoms with Crippen molar-refractivity contribution < 1.29 is 27.5 Å². The highest BCUT2D eigenvalue weighted by atomic mass is 32.2. The van der Waals surface area contributed by atoms with Gasteiger partial charge in [0.1, 0.15) is 25.8 Å². The van der Waals surface area contributed by atoms with E-state index in [9.17, 15) is 18.0 Å². The summed E-state index contributed by atoms with van der Waals surface area (Å²) in [4.78, 5) is 29.1. The number of ether oxygens (including phenoxy) is 2. The molecule has 3 aromatic carbocycles. The average molecular weight is 594 g/mol. The SMILES string of the molecule is CC[C@H](C(=O)NCC(C)C)N(Cc1ccccc1C)C(=O)CN(c1ccc2c(c1)OCCO2)S(=O)(=O)c1ccccc1. The summed E-state index contributed by atoms with van der Waals surface area (Å²) in [6.07, 6.45) is 0.358. The van der Waals surface area contributed by atoms with Crippen molar-refractivity contribution in [1.82, 2.24) is 10.2 Å². The molecular formula is C32H39N3O6S. The topological polar surface area (TPSA) is 105 Å². The predicted octanol–water partition coefficient (Wildman–Crippen LogP) is 4.54. The zero-order valence-corrected chi connectivity index (χ0v) is 25.4. The standard InChI is InChI=1S/C32H39N3O6S/c1-5-28(32(37)33-20-23(2)3)34(21-25-12-10-9-11-24(25)4)31(36)22-35(42(38,39)27-13-7-6-8-14-27)26-15-16-29-30(19-26)41-18-17-40-29/h6-16,19,23,28H,5,17-18,20-22H2,1-4H3,(H,33,37)/t28-/m1/s1. The normalized spacial score (nSPS) is 13.4. The lowest BCUT2D eigenvalue weighted by atomic mass is 10.1. The van der Waals surface area contributed by atoms with Crippen molar-refractivity contribution in [3.63, 3.8) is 0 Å². The third kappa shape index (κ3) is 7.23. The smallest absolute Gasteiger partial charge is 0.264 e. The van der Waals surface area contributed by atoms with Gasteiger partial charge in [-0.2, -0.15) is 0 Å². The number of rotatable bonds is 12. The molecule has 0 saturated carbocycles. The molecule has 10 heteroatoms. The summed E-state index contributed by atoms with van der Waals surface area (Å²) in [5.41, 5.74) is 2.09. The Bertz CT molecular complexity index is 1490. The number of hydrogen-bond acceptors (Lipinski definition) is 6. The van der Waals surface area contributed by atoms with E-state index in [1.165, 1.54) is 17.0 Å². The molecule has 1 heterocycles. The average Bonchev–Trinajstić information content (AvgIpc) is 2.99. The number of fused-ring (bicyclic) bond motifs is 1. The maximum atomic E-state index is 14.2. The largest absolute Gasteiger partial charge is 0.486 e. The van der Waals surface area contributed by atoms with E-state index in [0.717, 1.165) is 15.4 Å². The Morgan fingerprint density at radius 2 is 1.60 bits per heavy atom. The molecule has 1 atom stereocenters. The molecule has 4 rings (SSSR count). The zero-order chi connectivity index (χ0) is 30.3. The van der Waals surface area contributed by atoms with E-state index < -0.39 is 28.5 Å². The second-order valence-corrected chi connectivity index (χ2v) is 12.5. The van der Waals surface area contributed by atoms with Crippen LogP contribution in [0.1, 0.15) is 38.3 Å². The van der Waals surface area contributed by atoms with E-state index in [2.05, 4.69) is 5.32 Å². The van der Waals surface area contributed by atoms with Crippen LogP contribution in [0.4, 0.5) is 5.69 Å². The van der Waals surface area contributed by atoms with E-state index in [1.807, 2.05) is 52.0 Å². The van der Waals surface area contributed by atoms with Crippen molar-refractivity contribution in [2.75, 3.05) is 30.6 Å². The fraction of sp³-hybridized carbons (Fsp3) is 0.375. The van der Waals surface area contributed by atoms with Crippen LogP contribution < -0.4 is 19.1 Å². The van der Waals surface area contributed by atoms with Crippen LogP contribution >= 0.6 is 0 Å². The van der Waals surface area contributed by atoms with Crippen molar-refractivity contribution in [3.8, 4) is 11.5 Å². The number of hydrogen-bond donors (Lipinski definition) is 1. The van der Waals surface area contributed by atoms with Gasteiger partial charge >= 0.3 is 0 Å². The van der Waals surface area contributed by atoms with Gasteiger partial charge in [0, 0.05) is 19.2 Å². The van der Waals surface area contributed by atoms with Gasteiger partial charge in [-0.05, 0) is 54.7 Å². The summed E-state index contributed by atoms with van der Waals surface area (Å²) in [6.45, 7) is 8.60. The predicted molar refractivity (Wildman–Crippen MR) is 162 cm³/mol. The third-order valence-corrected chi connectivity index (χ3v) is 8.88. The number of nitrogens with zero attached hydrogens (tertiary/aromatic N) is 2. The minimum Gasteiger partial charge on any atom is -0.486 e. The number of benzene rings is 3. The molecule has 0 unspecified atom stereocenters. The Morgan fingerprint density at radius 3 is 2.26 bits per heavy atom. The van der Waals surface area contributed by atoms with Crippen LogP contribution in [-0.2, 0) is 26.2 Å². The monoisotopic (exact) mass is 593 g/mol. The molecule has 1 aliphatic rings. The van der Waals surface area contributed by atoms with Crippen molar-refractivity contribution >= 4 is 27.5 Å². The summed E-state index contributed by atoms with van der Waals surface area (Å²) in [5, 5.41) is 2.95. The van der Waals surface area contributed by atoms with Crippen molar-refractivity contribution in [1.29, 1.82) is 0 Å². The van der Waals surface area contributed by atoms with Gasteiger partial charge in [0.25, 0.3) is 10.0 Å². The van der Waals surface area contributed by atoms with Crippen LogP contribution in [-0.4, -0.2) is 57.5 Å². The number of nitrogens with one attached hydrogen (secondary N) is 1. The Hall–Kier alpha value is -4.05. The van der Waals surface area contributed by atoms with Gasteiger partial charge in [-0.25, -0.2) is 8.42 Å². The van der Waals surface area contributed by atoms with E-state index in [-0.39, 0.29) is 29.0 Å². The molecule has 224 valence electrons. The molecular weight excluding hydrogens is 554 g/mol. The van der Waals surface area contributed by atoms with Crippen molar-refractivity contribution in [2.24, 2.45) is 5.92 Å². The van der Waals surface area contributed by atoms with Crippen LogP contribution in [0.2, 0.25) is 0 Å². The van der Waals surface area contributed by atoms with Crippen molar-refractivity contribution in [2.45, 2.75) is 51.6 Å². The summed E-state index contributed by atoms with van der Waals surface area (Å²) in [6, 6.07) is 19.6. The van der Waals surface area contributed by atoms with Gasteiger partial charge in [0.15, 0.2) is 11.5 Å². The molecule has 0 radical (unpaired) electrons. The summed E-state index contributed by atoms with van der Waals surface area (Å²) in [7, 11) is -4.18. The fourth-order valence-electron chi connectivity index (χ4n) is 4.75. The Kier molecular flexibility index (Phi) is 10.1. The molecule has 0 fully saturated rings. The van der Waals surface area contributed by atoms with Gasteiger partial charge in [-0.15, -0.1) is 0 Å². The zero-order valence-electron chi connectivity index (χ0n) is 24.6. The Balaban J connectivity index is 1.75. The highest BCUT2D eigenvalue weighted by Gasteiger charge is 2.34. The summed E-state index contributed by atoms with van der Waals surface area (Å²) >= 11 is 0. The lowest BCUT2D eigenvalue weighted by Crippen LogP contribution is -2.52. The number of aryl methyl sites for hydroxylation is 1. The van der Waals surface area contributed by atoms with E-state index in [4.69, 9.17) is 9.47 Å². The molecule has 2 amide bonds. The molecule has 9 nitrogen and oxygen atoms in total. The molecule has 0 spiro atoms. The first kappa shape index (κ1) is 30.9. The van der Waals surface area contributed by atoms with Crippen LogP contribution in [0.5, 0.6) is 11.5 Å². The third-order valence-electron chi connectivity index (χ3n) is 7.10. The second kappa shape index (κ2) is 13.7. The number of carbonyl (C=O) groups excluding carboxylic acids is 2. The summed E-state index contributed by atoms with van der Waals surface area (Å²) in [5.74, 6) is 0.357. The molecule has 0 aliphatic carbocycles. The van der Waals surface area contributed by atoms with E-state index in [0.29, 0.717) is 37.7 Å². The van der Waals surface area contributed by atoms with E-state index in [1.54, 1.807) is 36.4 Å². The molecule has 42 heavy (non-hydrogen) atoms. The van der Waals surface area contributed by atoms with Crippen LogP contribution in [0, 0.1) is 12.8 Å². The molecule has 1 N–H and O–H groups in total. The molecule has 0 bridgehead atoms. The van der Waals surface area contributed by atoms with Crippen LogP contribution in [0.25, 0.3) is 0 Å². The molecule has 3 aromatic rings. The number of amides is 2. The highest BCUT2D eigenvalue weighted by Crippen LogP contribution is 2.36. The lowest BCUT2D eigenvalue weighted by molar-refractivity contribution is -0.140. The van der Waals surface area contributed by atoms with E-state index >= 15 is 0 Å². The second-order valence-electron chi connectivity index (χ2n) is 10.7. The minimum absolute atomic E-state index is 0.0415. The highest BCUT2D eigenvalue weighted by molar-refractivity contribution is 7.92. The van der Waals surface area contributed by atoms with Crippen molar-refractivity contribution in [3.05, 3.63) is 83.9 Å². The van der Waals surface area contributed by atoms with Gasteiger partial charge in [0.2, 0.25) is 11.8 Å². The summed E-state index contributed by atoms with van der Waals surface area (Å²) < 4.78 is 40.5. The maximum absolute atomic E-state index is 14.2.